The molecule has 8 nitrogen and oxygen atoms in total. The summed E-state index contributed by atoms with van der Waals surface area (Å²) in [6.07, 6.45) is 4.19. The van der Waals surface area contributed by atoms with Crippen LogP contribution in [-0.4, -0.2) is 50.4 Å². The van der Waals surface area contributed by atoms with E-state index in [2.05, 4.69) is 5.32 Å². The van der Waals surface area contributed by atoms with Gasteiger partial charge in [-0.25, -0.2) is 8.42 Å². The molecular formula is C32H37Cl2N3O5S. The molecule has 1 atom stereocenters. The van der Waals surface area contributed by atoms with Crippen molar-refractivity contribution in [3.05, 3.63) is 88.4 Å². The number of benzene rings is 3. The highest BCUT2D eigenvalue weighted by atomic mass is 35.5. The number of nitrogens with zero attached hydrogens (tertiary/aromatic N) is 2. The van der Waals surface area contributed by atoms with E-state index in [1.807, 2.05) is 6.92 Å². The number of anilines is 1. The van der Waals surface area contributed by atoms with Crippen molar-refractivity contribution in [1.29, 1.82) is 0 Å². The van der Waals surface area contributed by atoms with Gasteiger partial charge in [-0.2, -0.15) is 0 Å². The summed E-state index contributed by atoms with van der Waals surface area (Å²) >= 11 is 12.4. The first-order chi connectivity index (χ1) is 20.6. The lowest BCUT2D eigenvalue weighted by molar-refractivity contribution is -0.140. The molecule has 1 aliphatic carbocycles. The van der Waals surface area contributed by atoms with E-state index in [1.54, 1.807) is 67.6 Å². The van der Waals surface area contributed by atoms with Gasteiger partial charge in [0.05, 0.1) is 27.2 Å². The van der Waals surface area contributed by atoms with Crippen LogP contribution in [-0.2, 0) is 26.2 Å². The lowest BCUT2D eigenvalue weighted by Gasteiger charge is -2.34. The fourth-order valence-electron chi connectivity index (χ4n) is 5.30. The van der Waals surface area contributed by atoms with Gasteiger partial charge in [0.2, 0.25) is 11.8 Å². The van der Waals surface area contributed by atoms with Crippen LogP contribution in [0.5, 0.6) is 5.75 Å². The molecule has 0 heterocycles. The third kappa shape index (κ3) is 8.02. The van der Waals surface area contributed by atoms with Crippen LogP contribution in [0.4, 0.5) is 5.69 Å². The largest absolute Gasteiger partial charge is 0.492 e. The molecule has 2 amide bonds. The van der Waals surface area contributed by atoms with Crippen LogP contribution in [0.1, 0.15) is 51.5 Å². The zero-order chi connectivity index (χ0) is 31.0. The number of nitrogens with one attached hydrogen (secondary N) is 1. The molecule has 0 aromatic heterocycles. The zero-order valence-corrected chi connectivity index (χ0v) is 26.7. The van der Waals surface area contributed by atoms with Gasteiger partial charge in [0.15, 0.2) is 0 Å². The maximum atomic E-state index is 14.3. The Hall–Kier alpha value is -3.27. The number of amides is 2. The van der Waals surface area contributed by atoms with E-state index >= 15 is 0 Å². The first kappa shape index (κ1) is 32.6. The van der Waals surface area contributed by atoms with Crippen LogP contribution in [0.25, 0.3) is 0 Å². The molecule has 3 aromatic rings. The van der Waals surface area contributed by atoms with E-state index < -0.39 is 28.5 Å². The Balaban J connectivity index is 1.75. The number of halogens is 2. The number of ether oxygens (including phenoxy) is 1. The summed E-state index contributed by atoms with van der Waals surface area (Å²) in [7, 11) is -4.21. The predicted octanol–water partition coefficient (Wildman–Crippen LogP) is 6.45. The van der Waals surface area contributed by atoms with E-state index in [0.29, 0.717) is 34.4 Å². The number of para-hydroxylation sites is 2. The maximum absolute atomic E-state index is 14.3. The fourth-order valence-corrected chi connectivity index (χ4v) is 7.06. The molecule has 0 spiro atoms. The number of rotatable bonds is 13. The van der Waals surface area contributed by atoms with Crippen LogP contribution < -0.4 is 14.4 Å². The normalized spacial score (nSPS) is 14.2. The summed E-state index contributed by atoms with van der Waals surface area (Å²) in [4.78, 5) is 29.4. The van der Waals surface area contributed by atoms with Gasteiger partial charge >= 0.3 is 0 Å². The molecule has 0 radical (unpaired) electrons. The molecule has 0 bridgehead atoms. The van der Waals surface area contributed by atoms with E-state index in [1.165, 1.54) is 17.0 Å². The van der Waals surface area contributed by atoms with Crippen molar-refractivity contribution in [2.45, 2.75) is 69.5 Å². The van der Waals surface area contributed by atoms with Gasteiger partial charge in [0.1, 0.15) is 18.3 Å². The van der Waals surface area contributed by atoms with Gasteiger partial charge in [0, 0.05) is 12.6 Å². The van der Waals surface area contributed by atoms with Crippen LogP contribution >= 0.6 is 23.2 Å². The number of hydrogen-bond acceptors (Lipinski definition) is 5. The van der Waals surface area contributed by atoms with Gasteiger partial charge in [-0.1, -0.05) is 79.4 Å². The Morgan fingerprint density at radius 3 is 2.28 bits per heavy atom. The van der Waals surface area contributed by atoms with Gasteiger partial charge in [0.25, 0.3) is 10.0 Å². The van der Waals surface area contributed by atoms with Crippen LogP contribution in [0.3, 0.4) is 0 Å². The molecule has 0 unspecified atom stereocenters. The smallest absolute Gasteiger partial charge is 0.264 e. The standard InChI is InChI=1S/C32H37Cl2N3O5S/c1-3-28(32(39)35-24-12-8-9-13-24)36(21-23-18-19-26(33)27(34)20-23)31(38)22-37(29-16-10-11-17-30(29)42-4-2)43(40,41)25-14-6-5-7-15-25/h5-7,10-11,14-20,24,28H,3-4,8-9,12-13,21-22H2,1-2H3,(H,35,39)/t28-/m1/s1. The average Bonchev–Trinajstić information content (AvgIpc) is 3.51. The van der Waals surface area contributed by atoms with E-state index in [4.69, 9.17) is 27.9 Å². The van der Waals surface area contributed by atoms with Gasteiger partial charge in [-0.3, -0.25) is 13.9 Å². The zero-order valence-electron chi connectivity index (χ0n) is 24.3. The predicted molar refractivity (Wildman–Crippen MR) is 170 cm³/mol. The summed E-state index contributed by atoms with van der Waals surface area (Å²) in [6.45, 7) is 3.39. The quantitative estimate of drug-likeness (QED) is 0.230. The van der Waals surface area contributed by atoms with Crippen molar-refractivity contribution in [3.63, 3.8) is 0 Å². The van der Waals surface area contributed by atoms with Crippen molar-refractivity contribution in [2.24, 2.45) is 0 Å². The molecule has 1 fully saturated rings. The Labute approximate surface area is 264 Å². The number of carbonyl (C=O) groups is 2. The highest BCUT2D eigenvalue weighted by molar-refractivity contribution is 7.92. The Bertz CT molecular complexity index is 1510. The van der Waals surface area contributed by atoms with Gasteiger partial charge < -0.3 is 15.0 Å². The molecule has 230 valence electrons. The molecule has 1 saturated carbocycles. The second-order valence-corrected chi connectivity index (χ2v) is 13.1. The Kier molecular flexibility index (Phi) is 11.3. The number of hydrogen-bond donors (Lipinski definition) is 1. The average molecular weight is 647 g/mol. The third-order valence-corrected chi connectivity index (χ3v) is 9.98. The molecule has 43 heavy (non-hydrogen) atoms. The molecular weight excluding hydrogens is 609 g/mol. The first-order valence-corrected chi connectivity index (χ1v) is 16.7. The minimum absolute atomic E-state index is 0.0242. The minimum Gasteiger partial charge on any atom is -0.492 e. The SMILES string of the molecule is CCOc1ccccc1N(CC(=O)N(Cc1ccc(Cl)c(Cl)c1)[C@H](CC)C(=O)NC1CCCC1)S(=O)(=O)c1ccccc1. The second-order valence-electron chi connectivity index (χ2n) is 10.4. The second kappa shape index (κ2) is 14.9. The summed E-state index contributed by atoms with van der Waals surface area (Å²) in [5.41, 5.74) is 0.876. The third-order valence-electron chi connectivity index (χ3n) is 7.47. The fraction of sp³-hybridized carbons (Fsp3) is 0.375. The highest BCUT2D eigenvalue weighted by Crippen LogP contribution is 2.33. The monoisotopic (exact) mass is 645 g/mol. The molecule has 1 aliphatic rings. The summed E-state index contributed by atoms with van der Waals surface area (Å²) in [5.74, 6) is -0.500. The van der Waals surface area contributed by atoms with Gasteiger partial charge in [-0.05, 0) is 68.1 Å². The van der Waals surface area contributed by atoms with Crippen LogP contribution in [0, 0.1) is 0 Å². The Morgan fingerprint density at radius 2 is 1.63 bits per heavy atom. The van der Waals surface area contributed by atoms with Crippen molar-refractivity contribution < 1.29 is 22.7 Å². The molecule has 0 aliphatic heterocycles. The summed E-state index contributed by atoms with van der Waals surface area (Å²) < 4.78 is 35.0. The topological polar surface area (TPSA) is 96.0 Å². The minimum atomic E-state index is -4.21. The van der Waals surface area contributed by atoms with Crippen molar-refractivity contribution >= 4 is 50.7 Å². The number of sulfonamides is 1. The Morgan fingerprint density at radius 1 is 0.953 bits per heavy atom. The van der Waals surface area contributed by atoms with Crippen LogP contribution in [0.15, 0.2) is 77.7 Å². The lowest BCUT2D eigenvalue weighted by Crippen LogP contribution is -2.53. The lowest BCUT2D eigenvalue weighted by atomic mass is 10.1. The van der Waals surface area contributed by atoms with Crippen molar-refractivity contribution in [2.75, 3.05) is 17.5 Å². The van der Waals surface area contributed by atoms with E-state index in [-0.39, 0.29) is 29.1 Å². The molecule has 3 aromatic carbocycles. The van der Waals surface area contributed by atoms with E-state index in [9.17, 15) is 18.0 Å². The van der Waals surface area contributed by atoms with E-state index in [0.717, 1.165) is 30.0 Å². The summed E-state index contributed by atoms with van der Waals surface area (Å²) in [5, 5.41) is 3.78. The molecule has 1 N–H and O–H groups in total. The maximum Gasteiger partial charge on any atom is 0.264 e. The van der Waals surface area contributed by atoms with Crippen LogP contribution in [0.2, 0.25) is 10.0 Å². The highest BCUT2D eigenvalue weighted by Gasteiger charge is 2.35. The molecule has 11 heteroatoms. The summed E-state index contributed by atoms with van der Waals surface area (Å²) in [6, 6.07) is 18.8. The van der Waals surface area contributed by atoms with Crippen molar-refractivity contribution in [3.8, 4) is 5.75 Å². The number of carbonyl (C=O) groups excluding carboxylic acids is 2. The molecule has 4 rings (SSSR count). The van der Waals surface area contributed by atoms with Crippen molar-refractivity contribution in [1.82, 2.24) is 10.2 Å². The molecule has 0 saturated heterocycles. The van der Waals surface area contributed by atoms with Gasteiger partial charge in [-0.15, -0.1) is 0 Å². The first-order valence-electron chi connectivity index (χ1n) is 14.5.